The van der Waals surface area contributed by atoms with Crippen molar-refractivity contribution in [3.05, 3.63) is 0 Å². The Hall–Kier alpha value is -0.150. The largest absolute Gasteiger partial charge is 0.234 e. The second-order valence-corrected chi connectivity index (χ2v) is 1.76. The van der Waals surface area contributed by atoms with E-state index in [0.717, 1.165) is 19.3 Å². The molecule has 0 rings (SSSR count). The third kappa shape index (κ3) is 7.85. The molecule has 3 heteroatoms. The van der Waals surface area contributed by atoms with Gasteiger partial charge in [0.25, 0.3) is 0 Å². The summed E-state index contributed by atoms with van der Waals surface area (Å²) in [5, 5.41) is 0. The van der Waals surface area contributed by atoms with E-state index in [-0.39, 0.29) is 0 Å². The number of unbranched alkanes of at least 4 members (excludes halogenated alkanes) is 2. The highest BCUT2D eigenvalue weighted by molar-refractivity contribution is 4.32. The van der Waals surface area contributed by atoms with Crippen LogP contribution in [-0.4, -0.2) is 13.5 Å². The molecule has 0 aliphatic heterocycles. The van der Waals surface area contributed by atoms with Crippen molar-refractivity contribution in [3.8, 4) is 0 Å². The maximum absolute atomic E-state index is 11.2. The van der Waals surface area contributed by atoms with Gasteiger partial charge in [-0.15, -0.1) is 0 Å². The summed E-state index contributed by atoms with van der Waals surface area (Å²) in [6.45, 7) is 1.74. The molecule has 56 valence electrons. The Morgan fingerprint density at radius 1 is 1.22 bits per heavy atom. The van der Waals surface area contributed by atoms with E-state index in [0.29, 0.717) is 6.61 Å². The molecule has 0 radical (unpaired) electrons. The minimum absolute atomic E-state index is 0.498. The standard InChI is InChI=1S/C6H13FO2/c1-2-3-4-5-8-9-6-7/h2-6H2,1H3. The van der Waals surface area contributed by atoms with Crippen LogP contribution in [0.2, 0.25) is 0 Å². The van der Waals surface area contributed by atoms with Gasteiger partial charge in [-0.05, 0) is 6.42 Å². The van der Waals surface area contributed by atoms with Crippen molar-refractivity contribution in [3.63, 3.8) is 0 Å². The Balaban J connectivity index is 2.60. The Labute approximate surface area is 54.9 Å². The van der Waals surface area contributed by atoms with Crippen LogP contribution in [0.25, 0.3) is 0 Å². The number of hydrogen-bond donors (Lipinski definition) is 0. The molecular formula is C6H13FO2. The molecular weight excluding hydrogens is 123 g/mol. The summed E-state index contributed by atoms with van der Waals surface area (Å²) >= 11 is 0. The Morgan fingerprint density at radius 2 is 2.00 bits per heavy atom. The van der Waals surface area contributed by atoms with Gasteiger partial charge in [0.05, 0.1) is 6.61 Å². The fourth-order valence-electron chi connectivity index (χ4n) is 0.501. The van der Waals surface area contributed by atoms with Crippen LogP contribution >= 0.6 is 0 Å². The minimum Gasteiger partial charge on any atom is -0.234 e. The molecule has 0 amide bonds. The monoisotopic (exact) mass is 136 g/mol. The third-order valence-electron chi connectivity index (χ3n) is 0.959. The highest BCUT2D eigenvalue weighted by Crippen LogP contribution is 1.93. The van der Waals surface area contributed by atoms with Crippen LogP contribution in [0.3, 0.4) is 0 Å². The van der Waals surface area contributed by atoms with Gasteiger partial charge in [0.2, 0.25) is 6.86 Å². The van der Waals surface area contributed by atoms with Crippen LogP contribution < -0.4 is 0 Å². The molecule has 0 aromatic rings. The summed E-state index contributed by atoms with van der Waals surface area (Å²) in [6, 6.07) is 0. The van der Waals surface area contributed by atoms with Crippen molar-refractivity contribution in [1.29, 1.82) is 0 Å². The highest BCUT2D eigenvalue weighted by Gasteiger charge is 1.86. The van der Waals surface area contributed by atoms with Gasteiger partial charge in [0, 0.05) is 0 Å². The van der Waals surface area contributed by atoms with E-state index in [4.69, 9.17) is 0 Å². The van der Waals surface area contributed by atoms with Gasteiger partial charge in [0.15, 0.2) is 0 Å². The molecule has 9 heavy (non-hydrogen) atoms. The zero-order valence-corrected chi connectivity index (χ0v) is 5.73. The highest BCUT2D eigenvalue weighted by atomic mass is 19.1. The molecule has 0 aliphatic carbocycles. The van der Waals surface area contributed by atoms with Crippen LogP contribution in [-0.2, 0) is 9.78 Å². The SMILES string of the molecule is CCCCCOOCF. The number of rotatable bonds is 6. The second kappa shape index (κ2) is 7.85. The van der Waals surface area contributed by atoms with Gasteiger partial charge in [-0.25, -0.2) is 14.2 Å². The van der Waals surface area contributed by atoms with Crippen LogP contribution in [0, 0.1) is 0 Å². The molecule has 0 spiro atoms. The zero-order chi connectivity index (χ0) is 6.95. The molecule has 0 saturated heterocycles. The van der Waals surface area contributed by atoms with Crippen LogP contribution in [0.1, 0.15) is 26.2 Å². The molecule has 0 aromatic heterocycles. The van der Waals surface area contributed by atoms with Crippen LogP contribution in [0.5, 0.6) is 0 Å². The molecule has 0 aromatic carbocycles. The maximum atomic E-state index is 11.2. The van der Waals surface area contributed by atoms with Crippen molar-refractivity contribution in [2.24, 2.45) is 0 Å². The van der Waals surface area contributed by atoms with E-state index in [9.17, 15) is 4.39 Å². The summed E-state index contributed by atoms with van der Waals surface area (Å²) in [5.41, 5.74) is 0. The first kappa shape index (κ1) is 8.85. The summed E-state index contributed by atoms with van der Waals surface area (Å²) in [6.07, 6.45) is 3.19. The molecule has 0 aliphatic rings. The van der Waals surface area contributed by atoms with Crippen molar-refractivity contribution in [1.82, 2.24) is 0 Å². The number of halogens is 1. The Bertz CT molecular complexity index is 44.3. The lowest BCUT2D eigenvalue weighted by Crippen LogP contribution is -1.94. The van der Waals surface area contributed by atoms with Crippen molar-refractivity contribution < 1.29 is 14.2 Å². The van der Waals surface area contributed by atoms with Gasteiger partial charge in [0.1, 0.15) is 0 Å². The first-order valence-electron chi connectivity index (χ1n) is 3.22. The predicted molar refractivity (Wildman–Crippen MR) is 32.5 cm³/mol. The van der Waals surface area contributed by atoms with Gasteiger partial charge in [-0.1, -0.05) is 19.8 Å². The third-order valence-corrected chi connectivity index (χ3v) is 0.959. The fourth-order valence-corrected chi connectivity index (χ4v) is 0.501. The van der Waals surface area contributed by atoms with Crippen LogP contribution in [0.15, 0.2) is 0 Å². The zero-order valence-electron chi connectivity index (χ0n) is 5.73. The van der Waals surface area contributed by atoms with E-state index in [1.807, 2.05) is 0 Å². The van der Waals surface area contributed by atoms with E-state index < -0.39 is 6.86 Å². The van der Waals surface area contributed by atoms with E-state index in [2.05, 4.69) is 16.7 Å². The first-order valence-corrected chi connectivity index (χ1v) is 3.22. The molecule has 0 bridgehead atoms. The van der Waals surface area contributed by atoms with Gasteiger partial charge in [-0.2, -0.15) is 0 Å². The number of hydrogen-bond acceptors (Lipinski definition) is 2. The number of alkyl halides is 1. The average Bonchev–Trinajstić information content (AvgIpc) is 1.89. The van der Waals surface area contributed by atoms with Crippen molar-refractivity contribution in [2.75, 3.05) is 13.5 Å². The molecule has 0 atom stereocenters. The lowest BCUT2D eigenvalue weighted by molar-refractivity contribution is -0.315. The predicted octanol–water partition coefficient (Wildman–Crippen LogP) is 2.05. The van der Waals surface area contributed by atoms with Gasteiger partial charge < -0.3 is 0 Å². The average molecular weight is 136 g/mol. The van der Waals surface area contributed by atoms with E-state index in [1.165, 1.54) is 0 Å². The first-order chi connectivity index (χ1) is 4.41. The summed E-state index contributed by atoms with van der Waals surface area (Å²) in [5.74, 6) is 0. The quantitative estimate of drug-likeness (QED) is 0.316. The minimum atomic E-state index is -0.855. The van der Waals surface area contributed by atoms with E-state index in [1.54, 1.807) is 0 Å². The molecule has 0 unspecified atom stereocenters. The lowest BCUT2D eigenvalue weighted by atomic mass is 10.3. The summed E-state index contributed by atoms with van der Waals surface area (Å²) < 4.78 is 11.2. The lowest BCUT2D eigenvalue weighted by Gasteiger charge is -1.97. The van der Waals surface area contributed by atoms with E-state index >= 15 is 0 Å². The second-order valence-electron chi connectivity index (χ2n) is 1.76. The van der Waals surface area contributed by atoms with Crippen LogP contribution in [0.4, 0.5) is 4.39 Å². The molecule has 2 nitrogen and oxygen atoms in total. The van der Waals surface area contributed by atoms with Crippen molar-refractivity contribution >= 4 is 0 Å². The smallest absolute Gasteiger partial charge is 0.221 e. The fraction of sp³-hybridized carbons (Fsp3) is 1.00. The normalized spacial score (nSPS) is 10.0. The topological polar surface area (TPSA) is 18.5 Å². The summed E-state index contributed by atoms with van der Waals surface area (Å²) in [4.78, 5) is 8.42. The molecule has 0 saturated carbocycles. The van der Waals surface area contributed by atoms with Crippen molar-refractivity contribution in [2.45, 2.75) is 26.2 Å². The maximum Gasteiger partial charge on any atom is 0.221 e. The van der Waals surface area contributed by atoms with Gasteiger partial charge >= 0.3 is 0 Å². The Morgan fingerprint density at radius 3 is 2.56 bits per heavy atom. The molecule has 0 heterocycles. The molecule has 0 fully saturated rings. The molecule has 0 N–H and O–H groups in total. The summed E-state index contributed by atoms with van der Waals surface area (Å²) in [7, 11) is 0. The van der Waals surface area contributed by atoms with Gasteiger partial charge in [-0.3, -0.25) is 0 Å². The Kier molecular flexibility index (Phi) is 7.72.